The second kappa shape index (κ2) is 4.65. The van der Waals surface area contributed by atoms with E-state index in [0.29, 0.717) is 0 Å². The number of benzene rings is 3. The van der Waals surface area contributed by atoms with Crippen molar-refractivity contribution < 1.29 is 18.6 Å². The molecule has 7 nitrogen and oxygen atoms in total. The van der Waals surface area contributed by atoms with Crippen LogP contribution in [0.4, 0.5) is 5.69 Å². The van der Waals surface area contributed by atoms with Gasteiger partial charge in [0.25, 0.3) is 0 Å². The van der Waals surface area contributed by atoms with Gasteiger partial charge >= 0.3 is 0 Å². The van der Waals surface area contributed by atoms with E-state index in [1.165, 1.54) is 36.4 Å². The standard InChI is InChI=1S/C14H11N3O4S/c15-17-13-7-3-2-6-10(22(16,20)21)12(7)14(19)8-4-1-5-9(18)11(8)13/h1-6,15,18-19H,(H2,16,20,21). The molecule has 0 aromatic heterocycles. The van der Waals surface area contributed by atoms with E-state index >= 15 is 0 Å². The van der Waals surface area contributed by atoms with Crippen LogP contribution < -0.4 is 5.14 Å². The van der Waals surface area contributed by atoms with Crippen LogP contribution in [-0.2, 0) is 10.0 Å². The smallest absolute Gasteiger partial charge is 0.238 e. The first-order valence-corrected chi connectivity index (χ1v) is 7.70. The summed E-state index contributed by atoms with van der Waals surface area (Å²) in [5, 5.41) is 29.6. The number of phenolic OH excluding ortho intramolecular Hbond substituents is 2. The zero-order chi connectivity index (χ0) is 16.1. The lowest BCUT2D eigenvalue weighted by molar-refractivity contribution is 0.478. The highest BCUT2D eigenvalue weighted by atomic mass is 32.2. The first kappa shape index (κ1) is 14.2. The Morgan fingerprint density at radius 3 is 2.27 bits per heavy atom. The van der Waals surface area contributed by atoms with Gasteiger partial charge in [-0.1, -0.05) is 24.3 Å². The van der Waals surface area contributed by atoms with Crippen molar-refractivity contribution in [3.8, 4) is 11.5 Å². The minimum absolute atomic E-state index is 0.0194. The van der Waals surface area contributed by atoms with E-state index in [4.69, 9.17) is 10.7 Å². The SMILES string of the molecule is N=Nc1c2cccc(S(N)(=O)=O)c2c(O)c2cccc(O)c12. The van der Waals surface area contributed by atoms with Gasteiger partial charge in [-0.25, -0.2) is 19.1 Å². The molecular formula is C14H11N3O4S. The number of nitrogens with one attached hydrogen (secondary N) is 1. The third-order valence-corrected chi connectivity index (χ3v) is 4.42. The van der Waals surface area contributed by atoms with E-state index in [-0.39, 0.29) is 43.6 Å². The number of nitrogens with two attached hydrogens (primary N) is 1. The topological polar surface area (TPSA) is 137 Å². The van der Waals surface area contributed by atoms with Crippen molar-refractivity contribution >= 4 is 37.3 Å². The van der Waals surface area contributed by atoms with Crippen LogP contribution in [0.1, 0.15) is 0 Å². The number of sulfonamides is 1. The molecule has 0 aliphatic rings. The lowest BCUT2D eigenvalue weighted by atomic mass is 9.99. The third kappa shape index (κ3) is 1.89. The highest BCUT2D eigenvalue weighted by molar-refractivity contribution is 7.89. The Kier molecular flexibility index (Phi) is 3.01. The Balaban J connectivity index is 2.73. The molecule has 0 atom stereocenters. The Morgan fingerprint density at radius 1 is 1.00 bits per heavy atom. The molecule has 0 spiro atoms. The van der Waals surface area contributed by atoms with Gasteiger partial charge in [0.15, 0.2) is 0 Å². The van der Waals surface area contributed by atoms with Crippen molar-refractivity contribution in [1.29, 1.82) is 5.53 Å². The van der Waals surface area contributed by atoms with E-state index in [2.05, 4.69) is 5.11 Å². The molecule has 0 heterocycles. The lowest BCUT2D eigenvalue weighted by Gasteiger charge is -2.13. The first-order valence-electron chi connectivity index (χ1n) is 6.16. The van der Waals surface area contributed by atoms with E-state index in [9.17, 15) is 18.6 Å². The maximum absolute atomic E-state index is 11.7. The van der Waals surface area contributed by atoms with E-state index in [1.54, 1.807) is 0 Å². The number of hydrogen-bond acceptors (Lipinski definition) is 6. The van der Waals surface area contributed by atoms with Crippen LogP contribution in [-0.4, -0.2) is 18.6 Å². The molecule has 8 heteroatoms. The molecule has 3 rings (SSSR count). The van der Waals surface area contributed by atoms with E-state index < -0.39 is 10.0 Å². The number of primary sulfonamides is 1. The second-order valence-electron chi connectivity index (χ2n) is 4.73. The van der Waals surface area contributed by atoms with Gasteiger partial charge in [0.2, 0.25) is 10.0 Å². The van der Waals surface area contributed by atoms with Gasteiger partial charge in [-0.2, -0.15) is 5.11 Å². The molecule has 112 valence electrons. The average molecular weight is 317 g/mol. The maximum Gasteiger partial charge on any atom is 0.238 e. The van der Waals surface area contributed by atoms with Gasteiger partial charge < -0.3 is 10.2 Å². The van der Waals surface area contributed by atoms with E-state index in [1.807, 2.05) is 0 Å². The fourth-order valence-electron chi connectivity index (χ4n) is 2.58. The van der Waals surface area contributed by atoms with Crippen LogP contribution in [0.15, 0.2) is 46.4 Å². The van der Waals surface area contributed by atoms with Crippen molar-refractivity contribution in [3.05, 3.63) is 36.4 Å². The Labute approximate surface area is 125 Å². The molecule has 0 radical (unpaired) electrons. The van der Waals surface area contributed by atoms with Crippen LogP contribution in [0, 0.1) is 5.53 Å². The normalized spacial score (nSPS) is 11.9. The molecule has 22 heavy (non-hydrogen) atoms. The monoisotopic (exact) mass is 317 g/mol. The number of nitrogens with zero attached hydrogens (tertiary/aromatic N) is 1. The number of aromatic hydroxyl groups is 2. The summed E-state index contributed by atoms with van der Waals surface area (Å²) in [5.74, 6) is -0.500. The minimum Gasteiger partial charge on any atom is -0.507 e. The first-order chi connectivity index (χ1) is 10.4. The zero-order valence-corrected chi connectivity index (χ0v) is 11.9. The predicted octanol–water partition coefficient (Wildman–Crippen LogP) is 2.71. The predicted molar refractivity (Wildman–Crippen MR) is 81.0 cm³/mol. The second-order valence-corrected chi connectivity index (χ2v) is 6.26. The summed E-state index contributed by atoms with van der Waals surface area (Å²) in [5.41, 5.74) is 7.41. The molecule has 0 saturated carbocycles. The highest BCUT2D eigenvalue weighted by Gasteiger charge is 2.22. The molecule has 0 amide bonds. The van der Waals surface area contributed by atoms with Crippen LogP contribution >= 0.6 is 0 Å². The minimum atomic E-state index is -4.08. The zero-order valence-electron chi connectivity index (χ0n) is 11.1. The van der Waals surface area contributed by atoms with Crippen molar-refractivity contribution in [2.45, 2.75) is 4.90 Å². The van der Waals surface area contributed by atoms with Crippen molar-refractivity contribution in [2.75, 3.05) is 0 Å². The summed E-state index contributed by atoms with van der Waals surface area (Å²) >= 11 is 0. The quantitative estimate of drug-likeness (QED) is 0.426. The Hall–Kier alpha value is -2.71. The van der Waals surface area contributed by atoms with Crippen LogP contribution in [0.5, 0.6) is 11.5 Å². The average Bonchev–Trinajstić information content (AvgIpc) is 2.47. The number of phenols is 2. The summed E-state index contributed by atoms with van der Waals surface area (Å²) in [7, 11) is -4.08. The summed E-state index contributed by atoms with van der Waals surface area (Å²) in [4.78, 5) is -0.266. The maximum atomic E-state index is 11.7. The van der Waals surface area contributed by atoms with Gasteiger partial charge in [-0.15, -0.1) is 0 Å². The van der Waals surface area contributed by atoms with Crippen LogP contribution in [0.25, 0.3) is 21.5 Å². The van der Waals surface area contributed by atoms with Gasteiger partial charge in [0.1, 0.15) is 17.2 Å². The Morgan fingerprint density at radius 2 is 1.64 bits per heavy atom. The van der Waals surface area contributed by atoms with E-state index in [0.717, 1.165) is 0 Å². The van der Waals surface area contributed by atoms with Gasteiger partial charge in [0, 0.05) is 16.2 Å². The summed E-state index contributed by atoms with van der Waals surface area (Å²) in [6, 6.07) is 8.59. The molecule has 3 aromatic carbocycles. The molecule has 0 aliphatic heterocycles. The highest BCUT2D eigenvalue weighted by Crippen LogP contribution is 2.46. The molecule has 0 saturated heterocycles. The number of hydrogen-bond donors (Lipinski definition) is 4. The van der Waals surface area contributed by atoms with Crippen molar-refractivity contribution in [1.82, 2.24) is 0 Å². The molecule has 0 aliphatic carbocycles. The molecule has 5 N–H and O–H groups in total. The Bertz CT molecular complexity index is 1050. The molecule has 0 unspecified atom stereocenters. The van der Waals surface area contributed by atoms with Crippen LogP contribution in [0.2, 0.25) is 0 Å². The fourth-order valence-corrected chi connectivity index (χ4v) is 3.34. The van der Waals surface area contributed by atoms with Crippen molar-refractivity contribution in [2.24, 2.45) is 10.3 Å². The van der Waals surface area contributed by atoms with Crippen LogP contribution in [0.3, 0.4) is 0 Å². The fraction of sp³-hybridized carbons (Fsp3) is 0. The molecule has 0 bridgehead atoms. The van der Waals surface area contributed by atoms with Crippen molar-refractivity contribution in [3.63, 3.8) is 0 Å². The third-order valence-electron chi connectivity index (χ3n) is 3.47. The molecule has 3 aromatic rings. The van der Waals surface area contributed by atoms with Gasteiger partial charge in [-0.05, 0) is 12.1 Å². The largest absolute Gasteiger partial charge is 0.507 e. The lowest BCUT2D eigenvalue weighted by Crippen LogP contribution is -2.12. The molecule has 0 fully saturated rings. The molecular weight excluding hydrogens is 306 g/mol. The number of fused-ring (bicyclic) bond motifs is 2. The van der Waals surface area contributed by atoms with Gasteiger partial charge in [-0.3, -0.25) is 0 Å². The van der Waals surface area contributed by atoms with Gasteiger partial charge in [0.05, 0.1) is 10.3 Å². The summed E-state index contributed by atoms with van der Waals surface area (Å²) in [6.45, 7) is 0. The summed E-state index contributed by atoms with van der Waals surface area (Å²) in [6.07, 6.45) is 0. The summed E-state index contributed by atoms with van der Waals surface area (Å²) < 4.78 is 23.5. The number of rotatable bonds is 2.